The molecule has 1 atom stereocenters. The Morgan fingerprint density at radius 3 is 2.15 bits per heavy atom. The number of hydrogen-bond acceptors (Lipinski definition) is 6. The lowest BCUT2D eigenvalue weighted by Gasteiger charge is -2.22. The first-order valence-electron chi connectivity index (χ1n) is 10.1. The molecule has 0 aromatic heterocycles. The number of imide groups is 1. The summed E-state index contributed by atoms with van der Waals surface area (Å²) < 4.78 is 71.3. The van der Waals surface area contributed by atoms with E-state index in [1.165, 1.54) is 26.0 Å². The van der Waals surface area contributed by atoms with Crippen LogP contribution in [0.1, 0.15) is 40.1 Å². The van der Waals surface area contributed by atoms with Crippen LogP contribution in [0.3, 0.4) is 0 Å². The van der Waals surface area contributed by atoms with Gasteiger partial charge in [-0.25, -0.2) is 8.42 Å². The van der Waals surface area contributed by atoms with Gasteiger partial charge in [-0.15, -0.1) is 0 Å². The summed E-state index contributed by atoms with van der Waals surface area (Å²) in [6.45, 7) is 2.40. The van der Waals surface area contributed by atoms with Gasteiger partial charge in [-0.3, -0.25) is 19.3 Å². The molecular weight excluding hydrogens is 477 g/mol. The quantitative estimate of drug-likeness (QED) is 0.443. The minimum absolute atomic E-state index is 0.229. The Balaban J connectivity index is 1.66. The Hall–Kier alpha value is -3.25. The molecule has 8 nitrogen and oxygen atoms in total. The molecule has 0 unspecified atom stereocenters. The van der Waals surface area contributed by atoms with Gasteiger partial charge in [0.05, 0.1) is 28.1 Å². The van der Waals surface area contributed by atoms with Gasteiger partial charge >= 0.3 is 12.1 Å². The van der Waals surface area contributed by atoms with Crippen LogP contribution in [0.25, 0.3) is 0 Å². The third kappa shape index (κ3) is 5.28. The van der Waals surface area contributed by atoms with Gasteiger partial charge in [0, 0.05) is 0 Å². The molecule has 1 heterocycles. The fourth-order valence-corrected chi connectivity index (χ4v) is 4.68. The number of nitrogens with one attached hydrogen (secondary N) is 1. The molecule has 0 bridgehead atoms. The van der Waals surface area contributed by atoms with Crippen molar-refractivity contribution in [3.8, 4) is 0 Å². The molecule has 1 aliphatic heterocycles. The van der Waals surface area contributed by atoms with Crippen LogP contribution in [0.5, 0.6) is 0 Å². The van der Waals surface area contributed by atoms with Crippen molar-refractivity contribution in [2.24, 2.45) is 5.92 Å². The van der Waals surface area contributed by atoms with Crippen molar-refractivity contribution in [1.29, 1.82) is 0 Å². The van der Waals surface area contributed by atoms with Gasteiger partial charge in [0.1, 0.15) is 12.6 Å². The van der Waals surface area contributed by atoms with Crippen LogP contribution in [0.15, 0.2) is 53.4 Å². The average Bonchev–Trinajstić information content (AvgIpc) is 3.02. The SMILES string of the molecule is CC(C)[C@H](NS(=O)(=O)c1cccc(C(F)(F)F)c1)C(=O)OCCN1C(=O)c2ccccc2C1=O. The van der Waals surface area contributed by atoms with Crippen LogP contribution in [-0.2, 0) is 25.7 Å². The Kier molecular flexibility index (Phi) is 7.13. The second-order valence-corrected chi connectivity index (χ2v) is 9.56. The summed E-state index contributed by atoms with van der Waals surface area (Å²) >= 11 is 0. The van der Waals surface area contributed by atoms with Gasteiger partial charge in [0.2, 0.25) is 10.0 Å². The Morgan fingerprint density at radius 1 is 1.03 bits per heavy atom. The first kappa shape index (κ1) is 25.4. The van der Waals surface area contributed by atoms with Gasteiger partial charge in [-0.1, -0.05) is 32.0 Å². The standard InChI is InChI=1S/C22H21F3N2O6S/c1-13(2)18(26-34(31,32)15-7-5-6-14(12-15)22(23,24)25)21(30)33-11-10-27-19(28)16-8-3-4-9-17(16)20(27)29/h3-9,12-13,18,26H,10-11H2,1-2H3/t18-/m0/s1. The maximum Gasteiger partial charge on any atom is 0.416 e. The number of carbonyl (C=O) groups excluding carboxylic acids is 3. The number of ether oxygens (including phenoxy) is 1. The molecule has 0 saturated carbocycles. The van der Waals surface area contributed by atoms with Crippen LogP contribution in [0.4, 0.5) is 13.2 Å². The van der Waals surface area contributed by atoms with Crippen molar-refractivity contribution in [3.63, 3.8) is 0 Å². The second-order valence-electron chi connectivity index (χ2n) is 7.84. The molecule has 2 aromatic carbocycles. The Bertz CT molecular complexity index is 1190. The highest BCUT2D eigenvalue weighted by atomic mass is 32.2. The maximum absolute atomic E-state index is 12.9. The van der Waals surface area contributed by atoms with Gasteiger partial charge in [-0.2, -0.15) is 17.9 Å². The number of alkyl halides is 3. The smallest absolute Gasteiger partial charge is 0.416 e. The maximum atomic E-state index is 12.9. The van der Waals surface area contributed by atoms with E-state index < -0.39 is 63.0 Å². The van der Waals surface area contributed by atoms with E-state index in [1.807, 2.05) is 0 Å². The van der Waals surface area contributed by atoms with Crippen molar-refractivity contribution >= 4 is 27.8 Å². The number of esters is 1. The minimum atomic E-state index is -4.74. The first-order valence-corrected chi connectivity index (χ1v) is 11.6. The molecule has 182 valence electrons. The van der Waals surface area contributed by atoms with Gasteiger partial charge < -0.3 is 4.74 Å². The summed E-state index contributed by atoms with van der Waals surface area (Å²) in [4.78, 5) is 37.5. The molecular formula is C22H21F3N2O6S. The topological polar surface area (TPSA) is 110 Å². The van der Waals surface area contributed by atoms with Crippen LogP contribution in [-0.4, -0.2) is 50.3 Å². The highest BCUT2D eigenvalue weighted by molar-refractivity contribution is 7.89. The third-order valence-corrected chi connectivity index (χ3v) is 6.55. The van der Waals surface area contributed by atoms with Crippen LogP contribution in [0, 0.1) is 5.92 Å². The zero-order valence-corrected chi connectivity index (χ0v) is 18.9. The number of sulfonamides is 1. The molecule has 0 saturated heterocycles. The highest BCUT2D eigenvalue weighted by Gasteiger charge is 2.36. The molecule has 0 radical (unpaired) electrons. The van der Waals surface area contributed by atoms with E-state index in [1.54, 1.807) is 12.1 Å². The molecule has 0 spiro atoms. The number of benzene rings is 2. The van der Waals surface area contributed by atoms with Crippen LogP contribution in [0.2, 0.25) is 0 Å². The van der Waals surface area contributed by atoms with Crippen molar-refractivity contribution in [3.05, 3.63) is 65.2 Å². The van der Waals surface area contributed by atoms with Gasteiger partial charge in [0.15, 0.2) is 0 Å². The van der Waals surface area contributed by atoms with E-state index in [0.717, 1.165) is 23.1 Å². The summed E-state index contributed by atoms with van der Waals surface area (Å²) in [6.07, 6.45) is -4.74. The van der Waals surface area contributed by atoms with E-state index in [2.05, 4.69) is 4.72 Å². The molecule has 0 fully saturated rings. The van der Waals surface area contributed by atoms with E-state index >= 15 is 0 Å². The molecule has 12 heteroatoms. The average molecular weight is 498 g/mol. The van der Waals surface area contributed by atoms with E-state index in [9.17, 15) is 36.0 Å². The molecule has 1 aliphatic rings. The number of hydrogen-bond donors (Lipinski definition) is 1. The van der Waals surface area contributed by atoms with Crippen LogP contribution >= 0.6 is 0 Å². The predicted octanol–water partition coefficient (Wildman–Crippen LogP) is 2.85. The Labute approximate surface area is 193 Å². The molecule has 2 amide bonds. The number of nitrogens with zero attached hydrogens (tertiary/aromatic N) is 1. The fourth-order valence-electron chi connectivity index (χ4n) is 3.30. The lowest BCUT2D eigenvalue weighted by molar-refractivity contribution is -0.147. The van der Waals surface area contributed by atoms with Crippen molar-refractivity contribution in [1.82, 2.24) is 9.62 Å². The monoisotopic (exact) mass is 498 g/mol. The lowest BCUT2D eigenvalue weighted by atomic mass is 10.1. The fraction of sp³-hybridized carbons (Fsp3) is 0.318. The summed E-state index contributed by atoms with van der Waals surface area (Å²) in [5.74, 6) is -2.70. The van der Waals surface area contributed by atoms with Gasteiger partial charge in [0.25, 0.3) is 11.8 Å². The molecule has 3 rings (SSSR count). The molecule has 1 N–H and O–H groups in total. The minimum Gasteiger partial charge on any atom is -0.463 e. The number of rotatable bonds is 8. The lowest BCUT2D eigenvalue weighted by Crippen LogP contribution is -2.46. The highest BCUT2D eigenvalue weighted by Crippen LogP contribution is 2.30. The summed E-state index contributed by atoms with van der Waals surface area (Å²) in [5, 5.41) is 0. The normalized spacial score (nSPS) is 14.9. The summed E-state index contributed by atoms with van der Waals surface area (Å²) in [6, 6.07) is 7.92. The van der Waals surface area contributed by atoms with E-state index in [0.29, 0.717) is 6.07 Å². The summed E-state index contributed by atoms with van der Waals surface area (Å²) in [5.41, 5.74) is -0.694. The second kappa shape index (κ2) is 9.55. The number of carbonyl (C=O) groups is 3. The summed E-state index contributed by atoms with van der Waals surface area (Å²) in [7, 11) is -4.50. The number of halogens is 3. The third-order valence-electron chi connectivity index (χ3n) is 5.11. The Morgan fingerprint density at radius 2 is 1.62 bits per heavy atom. The molecule has 2 aromatic rings. The molecule has 0 aliphatic carbocycles. The first-order chi connectivity index (χ1) is 15.8. The largest absolute Gasteiger partial charge is 0.463 e. The van der Waals surface area contributed by atoms with Gasteiger partial charge in [-0.05, 0) is 36.2 Å². The van der Waals surface area contributed by atoms with E-state index in [4.69, 9.17) is 4.74 Å². The van der Waals surface area contributed by atoms with Crippen LogP contribution < -0.4 is 4.72 Å². The number of fused-ring (bicyclic) bond motifs is 1. The van der Waals surface area contributed by atoms with Crippen molar-refractivity contribution in [2.75, 3.05) is 13.2 Å². The number of amides is 2. The zero-order chi connectivity index (χ0) is 25.3. The van der Waals surface area contributed by atoms with Crippen molar-refractivity contribution in [2.45, 2.75) is 31.0 Å². The van der Waals surface area contributed by atoms with E-state index in [-0.39, 0.29) is 17.7 Å². The zero-order valence-electron chi connectivity index (χ0n) is 18.1. The predicted molar refractivity (Wildman–Crippen MR) is 113 cm³/mol. The molecule has 34 heavy (non-hydrogen) atoms. The van der Waals surface area contributed by atoms with Crippen molar-refractivity contribution < 1.29 is 40.7 Å².